The molecule has 0 saturated carbocycles. The van der Waals surface area contributed by atoms with Crippen molar-refractivity contribution in [3.8, 4) is 0 Å². The Morgan fingerprint density at radius 1 is 1.24 bits per heavy atom. The van der Waals surface area contributed by atoms with Gasteiger partial charge in [-0.25, -0.2) is 12.8 Å². The number of nitrogens with one attached hydrogen (secondary N) is 2. The standard InChI is InChI=1S/C16H25FN4O3S/c1-18-16(19-6-8-21-9-11-24-12-10-21)20-7-13-25(22,23)15-5-3-2-4-14(15)17/h2-5H,6-13H2,1H3,(H2,18,19,20). The first-order valence-electron chi connectivity index (χ1n) is 8.25. The molecule has 0 radical (unpaired) electrons. The van der Waals surface area contributed by atoms with E-state index in [-0.39, 0.29) is 17.2 Å². The Hall–Kier alpha value is -1.71. The lowest BCUT2D eigenvalue weighted by atomic mass is 10.3. The fourth-order valence-electron chi connectivity index (χ4n) is 2.49. The Morgan fingerprint density at radius 3 is 2.60 bits per heavy atom. The van der Waals surface area contributed by atoms with Crippen LogP contribution in [0.5, 0.6) is 0 Å². The number of ether oxygens (including phenoxy) is 1. The van der Waals surface area contributed by atoms with E-state index in [9.17, 15) is 12.8 Å². The Morgan fingerprint density at radius 2 is 1.92 bits per heavy atom. The van der Waals surface area contributed by atoms with E-state index in [2.05, 4.69) is 20.5 Å². The Bertz CT molecular complexity index is 676. The maximum atomic E-state index is 13.6. The van der Waals surface area contributed by atoms with E-state index >= 15 is 0 Å². The van der Waals surface area contributed by atoms with Crippen molar-refractivity contribution in [2.24, 2.45) is 4.99 Å². The first-order valence-corrected chi connectivity index (χ1v) is 9.90. The molecule has 9 heteroatoms. The summed E-state index contributed by atoms with van der Waals surface area (Å²) in [6.45, 7) is 5.02. The predicted molar refractivity (Wildman–Crippen MR) is 95.1 cm³/mol. The molecule has 0 amide bonds. The van der Waals surface area contributed by atoms with Gasteiger partial charge in [0.1, 0.15) is 10.7 Å². The van der Waals surface area contributed by atoms with Crippen LogP contribution < -0.4 is 10.6 Å². The smallest absolute Gasteiger partial charge is 0.191 e. The summed E-state index contributed by atoms with van der Waals surface area (Å²) in [5, 5.41) is 6.09. The lowest BCUT2D eigenvalue weighted by Crippen LogP contribution is -2.45. The van der Waals surface area contributed by atoms with Gasteiger partial charge in [0.2, 0.25) is 0 Å². The average molecular weight is 372 g/mol. The van der Waals surface area contributed by atoms with Gasteiger partial charge in [-0.05, 0) is 12.1 Å². The molecule has 0 atom stereocenters. The second-order valence-corrected chi connectivity index (χ2v) is 7.71. The van der Waals surface area contributed by atoms with Crippen LogP contribution in [0.1, 0.15) is 0 Å². The van der Waals surface area contributed by atoms with Crippen molar-refractivity contribution in [1.29, 1.82) is 0 Å². The largest absolute Gasteiger partial charge is 0.379 e. The van der Waals surface area contributed by atoms with E-state index in [1.54, 1.807) is 7.05 Å². The summed E-state index contributed by atoms with van der Waals surface area (Å²) in [5.74, 6) is -0.412. The van der Waals surface area contributed by atoms with Crippen molar-refractivity contribution in [2.75, 3.05) is 58.7 Å². The number of guanidine groups is 1. The number of rotatable bonds is 7. The van der Waals surface area contributed by atoms with Gasteiger partial charge in [-0.1, -0.05) is 12.1 Å². The lowest BCUT2D eigenvalue weighted by molar-refractivity contribution is 0.0389. The van der Waals surface area contributed by atoms with Crippen LogP contribution >= 0.6 is 0 Å². The Balaban J connectivity index is 1.74. The quantitative estimate of drug-likeness (QED) is 0.522. The predicted octanol–water partition coefficient (Wildman–Crippen LogP) is 0.0966. The molecule has 0 spiro atoms. The fraction of sp³-hybridized carbons (Fsp3) is 0.562. The molecule has 1 saturated heterocycles. The summed E-state index contributed by atoms with van der Waals surface area (Å²) in [7, 11) is -2.05. The third kappa shape index (κ3) is 6.26. The van der Waals surface area contributed by atoms with E-state index in [1.807, 2.05) is 0 Å². The van der Waals surface area contributed by atoms with Gasteiger partial charge >= 0.3 is 0 Å². The lowest BCUT2D eigenvalue weighted by Gasteiger charge is -2.26. The van der Waals surface area contributed by atoms with Crippen molar-refractivity contribution < 1.29 is 17.5 Å². The maximum absolute atomic E-state index is 13.6. The minimum absolute atomic E-state index is 0.147. The van der Waals surface area contributed by atoms with Crippen LogP contribution in [0.15, 0.2) is 34.2 Å². The molecule has 140 valence electrons. The molecule has 0 aliphatic carbocycles. The molecule has 7 nitrogen and oxygen atoms in total. The van der Waals surface area contributed by atoms with Crippen LogP contribution in [-0.2, 0) is 14.6 Å². The van der Waals surface area contributed by atoms with Crippen LogP contribution in [0.3, 0.4) is 0 Å². The van der Waals surface area contributed by atoms with Crippen molar-refractivity contribution in [2.45, 2.75) is 4.90 Å². The zero-order chi connectivity index (χ0) is 18.1. The first-order chi connectivity index (χ1) is 12.0. The third-order valence-electron chi connectivity index (χ3n) is 3.88. The van der Waals surface area contributed by atoms with Crippen LogP contribution in [0, 0.1) is 5.82 Å². The minimum Gasteiger partial charge on any atom is -0.379 e. The molecule has 1 aromatic carbocycles. The highest BCUT2D eigenvalue weighted by Gasteiger charge is 2.18. The van der Waals surface area contributed by atoms with Crippen LogP contribution in [0.4, 0.5) is 4.39 Å². The summed E-state index contributed by atoms with van der Waals surface area (Å²) in [5.41, 5.74) is 0. The molecular weight excluding hydrogens is 347 g/mol. The maximum Gasteiger partial charge on any atom is 0.191 e. The van der Waals surface area contributed by atoms with E-state index in [4.69, 9.17) is 4.74 Å². The van der Waals surface area contributed by atoms with Gasteiger partial charge in [-0.3, -0.25) is 9.89 Å². The van der Waals surface area contributed by atoms with Gasteiger partial charge in [-0.15, -0.1) is 0 Å². The summed E-state index contributed by atoms with van der Waals surface area (Å²) >= 11 is 0. The van der Waals surface area contributed by atoms with E-state index < -0.39 is 15.7 Å². The normalized spacial score (nSPS) is 16.6. The zero-order valence-electron chi connectivity index (χ0n) is 14.4. The van der Waals surface area contributed by atoms with Gasteiger partial charge in [0.15, 0.2) is 15.8 Å². The van der Waals surface area contributed by atoms with Crippen molar-refractivity contribution in [3.63, 3.8) is 0 Å². The minimum atomic E-state index is -3.67. The van der Waals surface area contributed by atoms with Crippen molar-refractivity contribution in [1.82, 2.24) is 15.5 Å². The number of hydrogen-bond donors (Lipinski definition) is 2. The average Bonchev–Trinajstić information content (AvgIpc) is 2.61. The molecule has 0 bridgehead atoms. The van der Waals surface area contributed by atoms with E-state index in [0.717, 1.165) is 38.9 Å². The number of sulfone groups is 1. The molecule has 25 heavy (non-hydrogen) atoms. The van der Waals surface area contributed by atoms with Crippen molar-refractivity contribution in [3.05, 3.63) is 30.1 Å². The number of nitrogens with zero attached hydrogens (tertiary/aromatic N) is 2. The fourth-order valence-corrected chi connectivity index (χ4v) is 3.73. The van der Waals surface area contributed by atoms with Gasteiger partial charge in [-0.2, -0.15) is 0 Å². The van der Waals surface area contributed by atoms with Crippen LogP contribution in [0.25, 0.3) is 0 Å². The number of morpholine rings is 1. The molecule has 1 fully saturated rings. The summed E-state index contributed by atoms with van der Waals surface area (Å²) in [6.07, 6.45) is 0. The van der Waals surface area contributed by atoms with Crippen molar-refractivity contribution >= 4 is 15.8 Å². The number of halogens is 1. The molecule has 1 aliphatic rings. The molecule has 2 rings (SSSR count). The molecule has 1 heterocycles. The summed E-state index contributed by atoms with van der Waals surface area (Å²) in [4.78, 5) is 6.08. The Kier molecular flexibility index (Phi) is 7.60. The zero-order valence-corrected chi connectivity index (χ0v) is 15.2. The number of hydrogen-bond acceptors (Lipinski definition) is 5. The van der Waals surface area contributed by atoms with E-state index in [1.165, 1.54) is 18.2 Å². The van der Waals surface area contributed by atoms with Crippen LogP contribution in [-0.4, -0.2) is 78.0 Å². The van der Waals surface area contributed by atoms with E-state index in [0.29, 0.717) is 12.5 Å². The molecule has 0 aromatic heterocycles. The third-order valence-corrected chi connectivity index (χ3v) is 5.63. The highest BCUT2D eigenvalue weighted by atomic mass is 32.2. The molecule has 0 unspecified atom stereocenters. The highest BCUT2D eigenvalue weighted by molar-refractivity contribution is 7.91. The monoisotopic (exact) mass is 372 g/mol. The SMILES string of the molecule is CN=C(NCCN1CCOCC1)NCCS(=O)(=O)c1ccccc1F. The summed E-state index contributed by atoms with van der Waals surface area (Å²) < 4.78 is 43.3. The topological polar surface area (TPSA) is 83.0 Å². The molecule has 1 aliphatic heterocycles. The summed E-state index contributed by atoms with van der Waals surface area (Å²) in [6, 6.07) is 5.40. The second-order valence-electron chi connectivity index (χ2n) is 5.63. The van der Waals surface area contributed by atoms with Crippen LogP contribution in [0.2, 0.25) is 0 Å². The van der Waals surface area contributed by atoms with Gasteiger partial charge in [0, 0.05) is 39.8 Å². The second kappa shape index (κ2) is 9.69. The number of aliphatic imine (C=N–C) groups is 1. The highest BCUT2D eigenvalue weighted by Crippen LogP contribution is 2.14. The van der Waals surface area contributed by atoms with Gasteiger partial charge in [0.05, 0.1) is 19.0 Å². The number of benzene rings is 1. The van der Waals surface area contributed by atoms with Gasteiger partial charge in [0.25, 0.3) is 0 Å². The Labute approximate surface area is 148 Å². The first kappa shape index (κ1) is 19.6. The molecule has 1 aromatic rings. The molecule has 2 N–H and O–H groups in total. The molecular formula is C16H25FN4O3S. The van der Waals surface area contributed by atoms with Gasteiger partial charge < -0.3 is 15.4 Å².